The molecule has 3 heterocycles. The highest BCUT2D eigenvalue weighted by molar-refractivity contribution is 6.30. The molecule has 1 aliphatic heterocycles. The van der Waals surface area contributed by atoms with Crippen LogP contribution in [-0.4, -0.2) is 33.9 Å². The molecular weight excluding hydrogens is 372 g/mol. The zero-order chi connectivity index (χ0) is 19.7. The van der Waals surface area contributed by atoms with E-state index in [1.807, 2.05) is 48.2 Å². The second-order valence-corrected chi connectivity index (χ2v) is 7.94. The van der Waals surface area contributed by atoms with Gasteiger partial charge in [-0.1, -0.05) is 24.6 Å². The van der Waals surface area contributed by atoms with E-state index in [2.05, 4.69) is 22.2 Å². The Bertz CT molecular complexity index is 1040. The molecule has 1 N–H and O–H groups in total. The summed E-state index contributed by atoms with van der Waals surface area (Å²) in [6.07, 6.45) is 3.84. The molecule has 1 aromatic carbocycles. The van der Waals surface area contributed by atoms with Crippen LogP contribution in [0, 0.1) is 12.8 Å². The van der Waals surface area contributed by atoms with Crippen LogP contribution >= 0.6 is 11.6 Å². The highest BCUT2D eigenvalue weighted by atomic mass is 35.5. The highest BCUT2D eigenvalue weighted by Gasteiger charge is 2.25. The van der Waals surface area contributed by atoms with Gasteiger partial charge in [-0.2, -0.15) is 0 Å². The smallest absolute Gasteiger partial charge is 0.257 e. The molecule has 0 saturated carbocycles. The maximum absolute atomic E-state index is 13.3. The largest absolute Gasteiger partial charge is 0.354 e. The van der Waals surface area contributed by atoms with Crippen molar-refractivity contribution in [1.82, 2.24) is 14.9 Å². The fourth-order valence-corrected chi connectivity index (χ4v) is 3.91. The van der Waals surface area contributed by atoms with E-state index in [4.69, 9.17) is 11.6 Å². The van der Waals surface area contributed by atoms with Crippen LogP contribution in [0.3, 0.4) is 0 Å². The summed E-state index contributed by atoms with van der Waals surface area (Å²) in [5, 5.41) is 4.85. The molecular formula is C22H23ClN4O. The highest BCUT2D eigenvalue weighted by Crippen LogP contribution is 2.31. The summed E-state index contributed by atoms with van der Waals surface area (Å²) in [4.78, 5) is 24.3. The van der Waals surface area contributed by atoms with E-state index in [1.165, 1.54) is 0 Å². The van der Waals surface area contributed by atoms with Crippen LogP contribution < -0.4 is 5.32 Å². The molecule has 2 aromatic heterocycles. The lowest BCUT2D eigenvalue weighted by Gasteiger charge is -2.31. The van der Waals surface area contributed by atoms with E-state index in [1.54, 1.807) is 6.20 Å². The van der Waals surface area contributed by atoms with E-state index in [-0.39, 0.29) is 5.91 Å². The second kappa shape index (κ2) is 7.76. The minimum absolute atomic E-state index is 0.00560. The van der Waals surface area contributed by atoms with E-state index < -0.39 is 0 Å². The summed E-state index contributed by atoms with van der Waals surface area (Å²) in [6.45, 7) is 5.68. The van der Waals surface area contributed by atoms with Crippen LogP contribution in [0.5, 0.6) is 0 Å². The second-order valence-electron chi connectivity index (χ2n) is 7.50. The third-order valence-electron chi connectivity index (χ3n) is 5.14. The molecule has 0 radical (unpaired) electrons. The zero-order valence-electron chi connectivity index (χ0n) is 16.1. The van der Waals surface area contributed by atoms with Gasteiger partial charge >= 0.3 is 0 Å². The number of likely N-dealkylation sites (tertiary alicyclic amines) is 1. The van der Waals surface area contributed by atoms with Crippen molar-refractivity contribution in [2.24, 2.45) is 5.92 Å². The Morgan fingerprint density at radius 3 is 2.93 bits per heavy atom. The first kappa shape index (κ1) is 18.7. The zero-order valence-corrected chi connectivity index (χ0v) is 16.8. The Kier molecular flexibility index (Phi) is 5.18. The summed E-state index contributed by atoms with van der Waals surface area (Å²) < 4.78 is 0. The molecule has 1 saturated heterocycles. The standard InChI is InChI=1S/C22H23ClN4O/c1-14-5-4-10-27(13-14)22(28)19-12-24-21-18(9-8-15(2)25-21)20(19)26-17-7-3-6-16(23)11-17/h3,6-9,11-12,14H,4-5,10,13H2,1-2H3,(H,24,25,26)/t14-/m1/s1. The van der Waals surface area contributed by atoms with Gasteiger partial charge < -0.3 is 10.2 Å². The molecule has 6 heteroatoms. The third-order valence-corrected chi connectivity index (χ3v) is 5.37. The summed E-state index contributed by atoms with van der Waals surface area (Å²) in [6, 6.07) is 11.4. The molecule has 0 bridgehead atoms. The summed E-state index contributed by atoms with van der Waals surface area (Å²) >= 11 is 6.15. The maximum atomic E-state index is 13.3. The van der Waals surface area contributed by atoms with Gasteiger partial charge in [0.1, 0.15) is 0 Å². The Morgan fingerprint density at radius 1 is 1.29 bits per heavy atom. The van der Waals surface area contributed by atoms with Gasteiger partial charge in [0.15, 0.2) is 5.65 Å². The molecule has 0 spiro atoms. The van der Waals surface area contributed by atoms with Gasteiger partial charge in [0.2, 0.25) is 0 Å². The number of hydrogen-bond acceptors (Lipinski definition) is 4. The minimum Gasteiger partial charge on any atom is -0.354 e. The number of piperidine rings is 1. The van der Waals surface area contributed by atoms with Crippen LogP contribution in [-0.2, 0) is 0 Å². The summed E-state index contributed by atoms with van der Waals surface area (Å²) in [5.41, 5.74) is 3.61. The van der Waals surface area contributed by atoms with Crippen LogP contribution in [0.25, 0.3) is 11.0 Å². The topological polar surface area (TPSA) is 58.1 Å². The fraction of sp³-hybridized carbons (Fsp3) is 0.318. The van der Waals surface area contributed by atoms with Crippen LogP contribution in [0.4, 0.5) is 11.4 Å². The molecule has 28 heavy (non-hydrogen) atoms. The molecule has 1 aliphatic rings. The van der Waals surface area contributed by atoms with Crippen LogP contribution in [0.2, 0.25) is 5.02 Å². The monoisotopic (exact) mass is 394 g/mol. The maximum Gasteiger partial charge on any atom is 0.257 e. The van der Waals surface area contributed by atoms with E-state index in [0.717, 1.165) is 48.4 Å². The molecule has 1 amide bonds. The number of amides is 1. The number of fused-ring (bicyclic) bond motifs is 1. The lowest BCUT2D eigenvalue weighted by Crippen LogP contribution is -2.39. The fourth-order valence-electron chi connectivity index (χ4n) is 3.72. The van der Waals surface area contributed by atoms with Gasteiger partial charge in [0.05, 0.1) is 11.3 Å². The first-order valence-corrected chi connectivity index (χ1v) is 9.97. The molecule has 0 aliphatic carbocycles. The lowest BCUT2D eigenvalue weighted by molar-refractivity contribution is 0.0684. The molecule has 144 valence electrons. The van der Waals surface area contributed by atoms with Gasteiger partial charge in [-0.05, 0) is 56.0 Å². The number of carbonyl (C=O) groups is 1. The summed E-state index contributed by atoms with van der Waals surface area (Å²) in [5.74, 6) is 0.519. The number of benzene rings is 1. The quantitative estimate of drug-likeness (QED) is 0.662. The van der Waals surface area contributed by atoms with Crippen LogP contribution in [0.15, 0.2) is 42.6 Å². The van der Waals surface area contributed by atoms with Gasteiger partial charge in [-0.3, -0.25) is 4.79 Å². The van der Waals surface area contributed by atoms with Gasteiger partial charge in [0.25, 0.3) is 5.91 Å². The van der Waals surface area contributed by atoms with Gasteiger partial charge in [-0.25, -0.2) is 9.97 Å². The van der Waals surface area contributed by atoms with Crippen molar-refractivity contribution < 1.29 is 4.79 Å². The van der Waals surface area contributed by atoms with Crippen molar-refractivity contribution in [3.63, 3.8) is 0 Å². The van der Waals surface area contributed by atoms with Crippen molar-refractivity contribution in [1.29, 1.82) is 0 Å². The average Bonchev–Trinajstić information content (AvgIpc) is 2.67. The molecule has 1 atom stereocenters. The third kappa shape index (κ3) is 3.80. The van der Waals surface area contributed by atoms with Crippen molar-refractivity contribution >= 4 is 39.9 Å². The predicted octanol–water partition coefficient (Wildman–Crippen LogP) is 5.21. The SMILES string of the molecule is Cc1ccc2c(Nc3cccc(Cl)c3)c(C(=O)N3CCC[C@@H](C)C3)cnc2n1. The predicted molar refractivity (Wildman–Crippen MR) is 113 cm³/mol. The average molecular weight is 395 g/mol. The first-order chi connectivity index (χ1) is 13.5. The molecule has 3 aromatic rings. The van der Waals surface area contributed by atoms with Crippen molar-refractivity contribution in [3.8, 4) is 0 Å². The number of nitrogens with one attached hydrogen (secondary N) is 1. The van der Waals surface area contributed by atoms with Gasteiger partial charge in [-0.15, -0.1) is 0 Å². The van der Waals surface area contributed by atoms with E-state index in [0.29, 0.717) is 22.2 Å². The van der Waals surface area contributed by atoms with E-state index >= 15 is 0 Å². The summed E-state index contributed by atoms with van der Waals surface area (Å²) in [7, 11) is 0. The number of halogens is 1. The number of rotatable bonds is 3. The van der Waals surface area contributed by atoms with E-state index in [9.17, 15) is 4.79 Å². The Hall–Kier alpha value is -2.66. The van der Waals surface area contributed by atoms with Crippen molar-refractivity contribution in [2.45, 2.75) is 26.7 Å². The molecule has 4 rings (SSSR count). The number of aryl methyl sites for hydroxylation is 1. The van der Waals surface area contributed by atoms with Crippen molar-refractivity contribution in [3.05, 3.63) is 58.9 Å². The number of anilines is 2. The Balaban J connectivity index is 1.80. The number of hydrogen-bond donors (Lipinski definition) is 1. The molecule has 5 nitrogen and oxygen atoms in total. The Labute approximate surface area is 169 Å². The van der Waals surface area contributed by atoms with Crippen LogP contribution in [0.1, 0.15) is 35.8 Å². The van der Waals surface area contributed by atoms with Crippen molar-refractivity contribution in [2.75, 3.05) is 18.4 Å². The first-order valence-electron chi connectivity index (χ1n) is 9.59. The number of nitrogens with zero attached hydrogens (tertiary/aromatic N) is 3. The number of carbonyl (C=O) groups excluding carboxylic acids is 1. The van der Waals surface area contributed by atoms with Gasteiger partial charge in [0, 0.05) is 41.1 Å². The number of pyridine rings is 2. The Morgan fingerprint density at radius 2 is 2.14 bits per heavy atom. The molecule has 1 fully saturated rings. The molecule has 0 unspecified atom stereocenters. The normalized spacial score (nSPS) is 17.0. The lowest BCUT2D eigenvalue weighted by atomic mass is 9.99. The number of aromatic nitrogens is 2. The minimum atomic E-state index is 0.00560.